The van der Waals surface area contributed by atoms with Crippen LogP contribution in [0.1, 0.15) is 61.1 Å². The normalized spacial score (nSPS) is 16.9. The molecule has 0 spiro atoms. The van der Waals surface area contributed by atoms with Crippen molar-refractivity contribution in [3.63, 3.8) is 0 Å². The molecule has 1 fully saturated rings. The molecule has 0 radical (unpaired) electrons. The second-order valence-corrected chi connectivity index (χ2v) is 12.4. The first-order chi connectivity index (χ1) is 19.9. The van der Waals surface area contributed by atoms with E-state index in [0.717, 1.165) is 39.6 Å². The van der Waals surface area contributed by atoms with Crippen LogP contribution in [-0.4, -0.2) is 27.7 Å². The van der Waals surface area contributed by atoms with E-state index in [2.05, 4.69) is 46.9 Å². The van der Waals surface area contributed by atoms with Gasteiger partial charge in [-0.3, -0.25) is 9.78 Å². The van der Waals surface area contributed by atoms with Crippen molar-refractivity contribution in [3.8, 4) is 11.4 Å². The molecule has 218 valence electrons. The summed E-state index contributed by atoms with van der Waals surface area (Å²) in [6.07, 6.45) is 1.80. The number of hydrogen-bond donors (Lipinski definition) is 2. The van der Waals surface area contributed by atoms with Crippen LogP contribution < -0.4 is 20.3 Å². The molecule has 2 unspecified atom stereocenters. The monoisotopic (exact) mass is 601 g/mol. The number of rotatable bonds is 6. The van der Waals surface area contributed by atoms with Crippen molar-refractivity contribution in [2.45, 2.75) is 53.6 Å². The largest absolute Gasteiger partial charge is 0.494 e. The van der Waals surface area contributed by atoms with E-state index in [1.54, 1.807) is 13.3 Å². The average Bonchev–Trinajstić information content (AvgIpc) is 3.40. The van der Waals surface area contributed by atoms with E-state index in [4.69, 9.17) is 33.5 Å². The number of halogens is 1. The number of benzene rings is 2. The Labute approximate surface area is 257 Å². The minimum Gasteiger partial charge on any atom is -0.494 e. The van der Waals surface area contributed by atoms with Gasteiger partial charge in [-0.1, -0.05) is 44.5 Å². The molecule has 3 heterocycles. The minimum atomic E-state index is -0.547. The fourth-order valence-electron chi connectivity index (χ4n) is 5.61. The standard InChI is InChI=1S/C33H36ClN5O2S/c1-19-20(2)38(23-12-10-11-22(34)17-23)21(3)28(19)30-29(26-13-8-9-16-35-26)37-32(42)39(30)24-14-15-25(27(18-24)41-7)36-31(40)33(4,5)6/h8-18,29-30H,1-7H3,(H,36,40)(H,37,42). The van der Waals surface area contributed by atoms with Gasteiger partial charge in [0.05, 0.1) is 30.6 Å². The molecule has 2 atom stereocenters. The number of carbonyl (C=O) groups is 1. The predicted octanol–water partition coefficient (Wildman–Crippen LogP) is 7.62. The van der Waals surface area contributed by atoms with E-state index in [-0.39, 0.29) is 18.0 Å². The Morgan fingerprint density at radius 1 is 1.02 bits per heavy atom. The van der Waals surface area contributed by atoms with Crippen LogP contribution in [0.4, 0.5) is 11.4 Å². The molecule has 1 saturated heterocycles. The van der Waals surface area contributed by atoms with Crippen LogP contribution in [0.5, 0.6) is 5.75 Å². The first-order valence-corrected chi connectivity index (χ1v) is 14.7. The van der Waals surface area contributed by atoms with E-state index in [1.807, 2.05) is 75.4 Å². The molecule has 1 aliphatic heterocycles. The van der Waals surface area contributed by atoms with Gasteiger partial charge in [0, 0.05) is 51.0 Å². The molecule has 2 aromatic carbocycles. The predicted molar refractivity (Wildman–Crippen MR) is 174 cm³/mol. The minimum absolute atomic E-state index is 0.0934. The lowest BCUT2D eigenvalue weighted by Gasteiger charge is -2.29. The summed E-state index contributed by atoms with van der Waals surface area (Å²) in [5.74, 6) is 0.457. The third kappa shape index (κ3) is 5.37. The zero-order valence-corrected chi connectivity index (χ0v) is 26.5. The van der Waals surface area contributed by atoms with E-state index < -0.39 is 5.41 Å². The van der Waals surface area contributed by atoms with E-state index in [1.165, 1.54) is 0 Å². The first-order valence-electron chi connectivity index (χ1n) is 13.9. The number of carbonyl (C=O) groups excluding carboxylic acids is 1. The smallest absolute Gasteiger partial charge is 0.229 e. The number of aromatic nitrogens is 2. The summed E-state index contributed by atoms with van der Waals surface area (Å²) >= 11 is 12.4. The van der Waals surface area contributed by atoms with Gasteiger partial charge in [0.2, 0.25) is 5.91 Å². The third-order valence-corrected chi connectivity index (χ3v) is 8.41. The van der Waals surface area contributed by atoms with Gasteiger partial charge in [-0.05, 0) is 81.0 Å². The summed E-state index contributed by atoms with van der Waals surface area (Å²) in [6.45, 7) is 12.0. The number of pyridine rings is 1. The van der Waals surface area contributed by atoms with Crippen LogP contribution in [0, 0.1) is 26.2 Å². The van der Waals surface area contributed by atoms with Crippen LogP contribution >= 0.6 is 23.8 Å². The first kappa shape index (κ1) is 29.6. The van der Waals surface area contributed by atoms with E-state index in [9.17, 15) is 4.79 Å². The van der Waals surface area contributed by atoms with Crippen LogP contribution in [0.15, 0.2) is 66.9 Å². The number of nitrogens with zero attached hydrogens (tertiary/aromatic N) is 3. The van der Waals surface area contributed by atoms with Crippen LogP contribution in [0.25, 0.3) is 5.69 Å². The number of anilines is 2. The highest BCUT2D eigenvalue weighted by atomic mass is 35.5. The van der Waals surface area contributed by atoms with Crippen LogP contribution in [0.2, 0.25) is 5.02 Å². The Kier molecular flexibility index (Phi) is 8.05. The van der Waals surface area contributed by atoms with Crippen molar-refractivity contribution in [2.24, 2.45) is 5.41 Å². The lowest BCUT2D eigenvalue weighted by atomic mass is 9.93. The Bertz CT molecular complexity index is 1660. The molecule has 0 bridgehead atoms. The van der Waals surface area contributed by atoms with Gasteiger partial charge in [0.1, 0.15) is 5.75 Å². The fourth-order valence-corrected chi connectivity index (χ4v) is 6.14. The van der Waals surface area contributed by atoms with Crippen LogP contribution in [0.3, 0.4) is 0 Å². The second-order valence-electron chi connectivity index (χ2n) is 11.6. The van der Waals surface area contributed by atoms with Crippen molar-refractivity contribution in [2.75, 3.05) is 17.3 Å². The maximum Gasteiger partial charge on any atom is 0.229 e. The van der Waals surface area contributed by atoms with Gasteiger partial charge in [-0.2, -0.15) is 0 Å². The molecular weight excluding hydrogens is 566 g/mol. The van der Waals surface area contributed by atoms with Gasteiger partial charge < -0.3 is 24.8 Å². The maximum absolute atomic E-state index is 12.8. The summed E-state index contributed by atoms with van der Waals surface area (Å²) in [7, 11) is 1.60. The molecule has 0 aliphatic carbocycles. The molecular formula is C33H36ClN5O2S. The zero-order chi connectivity index (χ0) is 30.3. The molecule has 5 rings (SSSR count). The molecule has 1 aliphatic rings. The van der Waals surface area contributed by atoms with Crippen molar-refractivity contribution >= 4 is 46.2 Å². The molecule has 1 amide bonds. The summed E-state index contributed by atoms with van der Waals surface area (Å²) < 4.78 is 8.00. The highest BCUT2D eigenvalue weighted by molar-refractivity contribution is 7.80. The van der Waals surface area contributed by atoms with Gasteiger partial charge in [0.15, 0.2) is 5.11 Å². The molecule has 4 aromatic rings. The molecule has 7 nitrogen and oxygen atoms in total. The summed E-state index contributed by atoms with van der Waals surface area (Å²) in [5.41, 5.74) is 7.32. The van der Waals surface area contributed by atoms with Gasteiger partial charge in [-0.25, -0.2) is 0 Å². The second kappa shape index (κ2) is 11.4. The quantitative estimate of drug-likeness (QED) is 0.222. The fraction of sp³-hybridized carbons (Fsp3) is 0.303. The number of amides is 1. The zero-order valence-electron chi connectivity index (χ0n) is 24.9. The summed E-state index contributed by atoms with van der Waals surface area (Å²) in [6, 6.07) is 19.1. The average molecular weight is 602 g/mol. The Morgan fingerprint density at radius 2 is 1.79 bits per heavy atom. The molecule has 2 N–H and O–H groups in total. The highest BCUT2D eigenvalue weighted by Crippen LogP contribution is 2.46. The molecule has 2 aromatic heterocycles. The summed E-state index contributed by atoms with van der Waals surface area (Å²) in [4.78, 5) is 19.6. The Morgan fingerprint density at radius 3 is 2.43 bits per heavy atom. The Balaban J connectivity index is 1.67. The number of ether oxygens (including phenoxy) is 1. The SMILES string of the molecule is COc1cc(N2C(=S)NC(c3ccccn3)C2c2c(C)c(C)n(-c3cccc(Cl)c3)c2C)ccc1NC(=O)C(C)(C)C. The van der Waals surface area contributed by atoms with Crippen molar-refractivity contribution in [1.82, 2.24) is 14.9 Å². The number of hydrogen-bond acceptors (Lipinski definition) is 4. The van der Waals surface area contributed by atoms with Crippen molar-refractivity contribution < 1.29 is 9.53 Å². The number of thiocarbonyl (C=S) groups is 1. The van der Waals surface area contributed by atoms with Gasteiger partial charge >= 0.3 is 0 Å². The lowest BCUT2D eigenvalue weighted by Crippen LogP contribution is -2.30. The Hall–Kier alpha value is -3.88. The van der Waals surface area contributed by atoms with E-state index >= 15 is 0 Å². The van der Waals surface area contributed by atoms with Gasteiger partial charge in [0.25, 0.3) is 0 Å². The van der Waals surface area contributed by atoms with Crippen molar-refractivity contribution in [1.29, 1.82) is 0 Å². The van der Waals surface area contributed by atoms with Crippen LogP contribution in [-0.2, 0) is 4.79 Å². The van der Waals surface area contributed by atoms with Crippen molar-refractivity contribution in [3.05, 3.63) is 100 Å². The van der Waals surface area contributed by atoms with Gasteiger partial charge in [-0.15, -0.1) is 0 Å². The highest BCUT2D eigenvalue weighted by Gasteiger charge is 2.43. The molecule has 0 saturated carbocycles. The third-order valence-electron chi connectivity index (χ3n) is 7.86. The maximum atomic E-state index is 12.8. The topological polar surface area (TPSA) is 71.4 Å². The number of methoxy groups -OCH3 is 1. The van der Waals surface area contributed by atoms with E-state index in [0.29, 0.717) is 21.6 Å². The summed E-state index contributed by atoms with van der Waals surface area (Å²) in [5, 5.41) is 7.82. The lowest BCUT2D eigenvalue weighted by molar-refractivity contribution is -0.123. The molecule has 42 heavy (non-hydrogen) atoms. The molecule has 9 heteroatoms. The number of nitrogens with one attached hydrogen (secondary N) is 2.